The van der Waals surface area contributed by atoms with E-state index in [9.17, 15) is 0 Å². The van der Waals surface area contributed by atoms with Crippen molar-refractivity contribution in [3.05, 3.63) is 24.8 Å². The highest BCUT2D eigenvalue weighted by Crippen LogP contribution is 1.66. The van der Waals surface area contributed by atoms with Gasteiger partial charge in [-0.05, 0) is 6.07 Å². The van der Waals surface area contributed by atoms with Crippen LogP contribution in [0.5, 0.6) is 0 Å². The van der Waals surface area contributed by atoms with E-state index in [2.05, 4.69) is 9.97 Å². The molecule has 0 saturated carbocycles. The molecule has 0 aliphatic carbocycles. The minimum absolute atomic E-state index is 0.111. The highest BCUT2D eigenvalue weighted by Gasteiger charge is 1.59. The van der Waals surface area contributed by atoms with Crippen LogP contribution >= 0.6 is 11.6 Å². The lowest BCUT2D eigenvalue weighted by Gasteiger charge is -1.70. The van der Waals surface area contributed by atoms with Gasteiger partial charge in [-0.15, -0.1) is 11.6 Å². The van der Waals surface area contributed by atoms with E-state index in [0.717, 1.165) is 0 Å². The van der Waals surface area contributed by atoms with Crippen molar-refractivity contribution in [1.82, 2.24) is 9.97 Å². The van der Waals surface area contributed by atoms with Crippen molar-refractivity contribution in [3.8, 4) is 0 Å². The Morgan fingerprint density at radius 2 is 1.90 bits per heavy atom. The predicted molar refractivity (Wildman–Crippen MR) is 38.8 cm³/mol. The van der Waals surface area contributed by atoms with Gasteiger partial charge in [-0.25, -0.2) is 9.97 Å². The highest BCUT2D eigenvalue weighted by atomic mass is 35.5. The van der Waals surface area contributed by atoms with Crippen molar-refractivity contribution in [2.75, 3.05) is 5.88 Å². The van der Waals surface area contributed by atoms with E-state index >= 15 is 0 Å². The third-order valence-electron chi connectivity index (χ3n) is 0.541. The fraction of sp³-hybridized carbons (Fsp3) is 0.167. The summed E-state index contributed by atoms with van der Waals surface area (Å²) in [7, 11) is 0. The Labute approximate surface area is 64.1 Å². The number of nitrogens with zero attached hydrogens (tertiary/aromatic N) is 2. The quantitative estimate of drug-likeness (QED) is 0.451. The van der Waals surface area contributed by atoms with Gasteiger partial charge in [0.2, 0.25) is 0 Å². The van der Waals surface area contributed by atoms with Crippen molar-refractivity contribution in [3.63, 3.8) is 0 Å². The van der Waals surface area contributed by atoms with Crippen LogP contribution in [0.25, 0.3) is 0 Å². The zero-order valence-corrected chi connectivity index (χ0v) is 6.03. The van der Waals surface area contributed by atoms with Gasteiger partial charge in [0.05, 0.1) is 5.88 Å². The molecule has 0 amide bonds. The third-order valence-corrected chi connectivity index (χ3v) is 0.667. The van der Waals surface area contributed by atoms with Crippen LogP contribution in [0.4, 0.5) is 0 Å². The van der Waals surface area contributed by atoms with Crippen LogP contribution < -0.4 is 0 Å². The van der Waals surface area contributed by atoms with Crippen molar-refractivity contribution in [1.29, 1.82) is 0 Å². The standard InChI is InChI=1S/C4H4N2.C2H3ClO/c1-2-5-4-6-3-1;3-1-2-4/h1-4H;2H,1H2. The summed E-state index contributed by atoms with van der Waals surface area (Å²) < 4.78 is 0. The minimum Gasteiger partial charge on any atom is -0.302 e. The number of alkyl halides is 1. The second kappa shape index (κ2) is 8.04. The van der Waals surface area contributed by atoms with E-state index in [0.29, 0.717) is 6.29 Å². The van der Waals surface area contributed by atoms with E-state index in [-0.39, 0.29) is 5.88 Å². The normalized spacial score (nSPS) is 7.30. The zero-order valence-electron chi connectivity index (χ0n) is 5.27. The van der Waals surface area contributed by atoms with Gasteiger partial charge in [-0.2, -0.15) is 0 Å². The molecular formula is C6H7ClN2O. The maximum absolute atomic E-state index is 9.04. The first-order valence-electron chi connectivity index (χ1n) is 2.61. The van der Waals surface area contributed by atoms with Crippen molar-refractivity contribution in [2.24, 2.45) is 0 Å². The molecular weight excluding hydrogens is 152 g/mol. The summed E-state index contributed by atoms with van der Waals surface area (Å²) in [4.78, 5) is 16.4. The molecule has 0 aliphatic rings. The Morgan fingerprint density at radius 1 is 1.40 bits per heavy atom. The third kappa shape index (κ3) is 7.04. The SMILES string of the molecule is O=CCCl.c1cncnc1. The first-order valence-corrected chi connectivity index (χ1v) is 3.15. The number of carbonyl (C=O) groups excluding carboxylic acids is 1. The van der Waals surface area contributed by atoms with Gasteiger partial charge in [0, 0.05) is 12.4 Å². The van der Waals surface area contributed by atoms with Crippen LogP contribution in [0.3, 0.4) is 0 Å². The lowest BCUT2D eigenvalue weighted by molar-refractivity contribution is -0.105. The Balaban J connectivity index is 0.000000180. The predicted octanol–water partition coefficient (Wildman–Crippen LogP) is 0.901. The highest BCUT2D eigenvalue weighted by molar-refractivity contribution is 6.24. The molecule has 54 valence electrons. The molecule has 1 aromatic rings. The Hall–Kier alpha value is -0.960. The summed E-state index contributed by atoms with van der Waals surface area (Å²) in [6.07, 6.45) is 5.52. The maximum Gasteiger partial charge on any atom is 0.134 e. The topological polar surface area (TPSA) is 42.9 Å². The Kier molecular flexibility index (Phi) is 7.27. The van der Waals surface area contributed by atoms with Gasteiger partial charge in [-0.1, -0.05) is 0 Å². The average molecular weight is 159 g/mol. The second-order valence-electron chi connectivity index (χ2n) is 1.23. The number of aldehydes is 1. The molecule has 4 heteroatoms. The summed E-state index contributed by atoms with van der Waals surface area (Å²) in [5.74, 6) is 0.111. The molecule has 0 aromatic carbocycles. The molecule has 0 bridgehead atoms. The van der Waals surface area contributed by atoms with Crippen LogP contribution in [0.1, 0.15) is 0 Å². The first kappa shape index (κ1) is 9.04. The lowest BCUT2D eigenvalue weighted by Crippen LogP contribution is -1.66. The number of rotatable bonds is 1. The number of carbonyl (C=O) groups is 1. The second-order valence-corrected chi connectivity index (χ2v) is 1.53. The van der Waals surface area contributed by atoms with E-state index in [1.54, 1.807) is 18.5 Å². The minimum atomic E-state index is 0.111. The Morgan fingerprint density at radius 3 is 2.00 bits per heavy atom. The zero-order chi connectivity index (χ0) is 7.66. The molecule has 1 heterocycles. The average Bonchev–Trinajstić information content (AvgIpc) is 2.08. The summed E-state index contributed by atoms with van der Waals surface area (Å²) >= 11 is 4.82. The van der Waals surface area contributed by atoms with Gasteiger partial charge < -0.3 is 4.79 Å². The molecule has 0 atom stereocenters. The number of hydrogen-bond donors (Lipinski definition) is 0. The summed E-state index contributed by atoms with van der Waals surface area (Å²) in [5, 5.41) is 0. The van der Waals surface area contributed by atoms with Crippen LogP contribution in [0, 0.1) is 0 Å². The summed E-state index contributed by atoms with van der Waals surface area (Å²) in [6.45, 7) is 0. The summed E-state index contributed by atoms with van der Waals surface area (Å²) in [5.41, 5.74) is 0. The lowest BCUT2D eigenvalue weighted by atomic mass is 10.7. The Bertz CT molecular complexity index is 130. The molecule has 1 aromatic heterocycles. The number of aromatic nitrogens is 2. The molecule has 0 N–H and O–H groups in total. The van der Waals surface area contributed by atoms with Gasteiger partial charge in [0.15, 0.2) is 0 Å². The van der Waals surface area contributed by atoms with E-state index in [1.807, 2.05) is 0 Å². The number of hydrogen-bond acceptors (Lipinski definition) is 3. The molecule has 0 unspecified atom stereocenters. The molecule has 1 rings (SSSR count). The van der Waals surface area contributed by atoms with Crippen molar-refractivity contribution >= 4 is 17.9 Å². The maximum atomic E-state index is 9.04. The molecule has 0 saturated heterocycles. The fourth-order valence-electron chi connectivity index (χ4n) is 0.253. The molecule has 0 spiro atoms. The van der Waals surface area contributed by atoms with Gasteiger partial charge in [0.1, 0.15) is 12.6 Å². The van der Waals surface area contributed by atoms with E-state index < -0.39 is 0 Å². The molecule has 3 nitrogen and oxygen atoms in total. The molecule has 0 fully saturated rings. The van der Waals surface area contributed by atoms with E-state index in [1.165, 1.54) is 6.33 Å². The van der Waals surface area contributed by atoms with Crippen LogP contribution in [-0.4, -0.2) is 22.1 Å². The largest absolute Gasteiger partial charge is 0.302 e. The van der Waals surface area contributed by atoms with Crippen molar-refractivity contribution in [2.45, 2.75) is 0 Å². The van der Waals surface area contributed by atoms with Crippen LogP contribution in [0.2, 0.25) is 0 Å². The van der Waals surface area contributed by atoms with Crippen molar-refractivity contribution < 1.29 is 4.79 Å². The van der Waals surface area contributed by atoms with Crippen LogP contribution in [0.15, 0.2) is 24.8 Å². The van der Waals surface area contributed by atoms with Gasteiger partial charge in [0.25, 0.3) is 0 Å². The summed E-state index contributed by atoms with van der Waals surface area (Å²) in [6, 6.07) is 1.78. The van der Waals surface area contributed by atoms with Crippen LogP contribution in [-0.2, 0) is 4.79 Å². The smallest absolute Gasteiger partial charge is 0.134 e. The molecule has 0 radical (unpaired) electrons. The van der Waals surface area contributed by atoms with Gasteiger partial charge in [-0.3, -0.25) is 0 Å². The fourth-order valence-corrected chi connectivity index (χ4v) is 0.253. The number of halogens is 1. The molecule has 0 aliphatic heterocycles. The van der Waals surface area contributed by atoms with Gasteiger partial charge >= 0.3 is 0 Å². The first-order chi connectivity index (χ1) is 4.91. The van der Waals surface area contributed by atoms with E-state index in [4.69, 9.17) is 16.4 Å². The monoisotopic (exact) mass is 158 g/mol. The molecule has 10 heavy (non-hydrogen) atoms.